The highest BCUT2D eigenvalue weighted by Gasteiger charge is 2.38. The second-order valence-corrected chi connectivity index (χ2v) is 6.80. The van der Waals surface area contributed by atoms with Crippen molar-refractivity contribution in [3.05, 3.63) is 36.2 Å². The van der Waals surface area contributed by atoms with Gasteiger partial charge in [0.2, 0.25) is 11.8 Å². The van der Waals surface area contributed by atoms with Gasteiger partial charge in [-0.05, 0) is 30.5 Å². The number of fused-ring (bicyclic) bond motifs is 1. The third-order valence-corrected chi connectivity index (χ3v) is 5.27. The van der Waals surface area contributed by atoms with Crippen LogP contribution in [0.25, 0.3) is 5.52 Å². The Morgan fingerprint density at radius 2 is 2.12 bits per heavy atom. The molecule has 24 heavy (non-hydrogen) atoms. The standard InChI is InChI=1S/C18H22N4O2/c23-17-10-14(12-21(17)15-5-1-2-6-15)18(24)19-11-13-4-3-9-22-16(13)7-8-20-22/h3-4,7-9,14-15H,1-2,5-6,10-12H2,(H,19,24). The molecule has 0 aromatic carbocycles. The van der Waals surface area contributed by atoms with E-state index >= 15 is 0 Å². The maximum absolute atomic E-state index is 12.5. The Balaban J connectivity index is 1.38. The monoisotopic (exact) mass is 326 g/mol. The van der Waals surface area contributed by atoms with Crippen molar-refractivity contribution in [2.24, 2.45) is 5.92 Å². The van der Waals surface area contributed by atoms with Crippen LogP contribution in [0.1, 0.15) is 37.7 Å². The van der Waals surface area contributed by atoms with E-state index in [1.807, 2.05) is 29.3 Å². The zero-order chi connectivity index (χ0) is 16.5. The smallest absolute Gasteiger partial charge is 0.225 e. The molecule has 2 amide bonds. The number of nitrogens with zero attached hydrogens (tertiary/aromatic N) is 3. The average Bonchev–Trinajstić information content (AvgIpc) is 3.31. The summed E-state index contributed by atoms with van der Waals surface area (Å²) in [4.78, 5) is 26.7. The van der Waals surface area contributed by atoms with Gasteiger partial charge >= 0.3 is 0 Å². The van der Waals surface area contributed by atoms with E-state index in [1.54, 1.807) is 10.7 Å². The maximum Gasteiger partial charge on any atom is 0.225 e. The van der Waals surface area contributed by atoms with E-state index < -0.39 is 0 Å². The van der Waals surface area contributed by atoms with E-state index in [0.717, 1.165) is 23.9 Å². The molecule has 3 heterocycles. The fraction of sp³-hybridized carbons (Fsp3) is 0.500. The van der Waals surface area contributed by atoms with E-state index in [0.29, 0.717) is 25.6 Å². The van der Waals surface area contributed by atoms with Gasteiger partial charge in [0.05, 0.1) is 11.4 Å². The molecule has 0 radical (unpaired) electrons. The molecule has 1 unspecified atom stereocenters. The summed E-state index contributed by atoms with van der Waals surface area (Å²) < 4.78 is 1.79. The Hall–Kier alpha value is -2.37. The van der Waals surface area contributed by atoms with Crippen molar-refractivity contribution < 1.29 is 9.59 Å². The molecule has 2 fully saturated rings. The molecule has 1 N–H and O–H groups in total. The zero-order valence-electron chi connectivity index (χ0n) is 13.6. The summed E-state index contributed by atoms with van der Waals surface area (Å²) in [5, 5.41) is 7.20. The lowest BCUT2D eigenvalue weighted by Gasteiger charge is -2.23. The molecule has 1 aliphatic heterocycles. The van der Waals surface area contributed by atoms with Gasteiger partial charge in [-0.2, -0.15) is 5.10 Å². The van der Waals surface area contributed by atoms with Gasteiger partial charge in [0, 0.05) is 37.9 Å². The number of likely N-dealkylation sites (tertiary alicyclic amines) is 1. The number of aromatic nitrogens is 2. The zero-order valence-corrected chi connectivity index (χ0v) is 13.6. The van der Waals surface area contributed by atoms with E-state index in [4.69, 9.17) is 0 Å². The van der Waals surface area contributed by atoms with Gasteiger partial charge in [-0.15, -0.1) is 0 Å². The average molecular weight is 326 g/mol. The third kappa shape index (κ3) is 2.77. The van der Waals surface area contributed by atoms with Crippen LogP contribution in [0.4, 0.5) is 0 Å². The fourth-order valence-corrected chi connectivity index (χ4v) is 3.97. The van der Waals surface area contributed by atoms with Crippen molar-refractivity contribution in [3.8, 4) is 0 Å². The minimum absolute atomic E-state index is 0.0228. The third-order valence-electron chi connectivity index (χ3n) is 5.27. The summed E-state index contributed by atoms with van der Waals surface area (Å²) in [6, 6.07) is 6.20. The number of hydrogen-bond acceptors (Lipinski definition) is 3. The van der Waals surface area contributed by atoms with Crippen LogP contribution in [0.2, 0.25) is 0 Å². The second-order valence-electron chi connectivity index (χ2n) is 6.80. The number of carbonyl (C=O) groups excluding carboxylic acids is 2. The number of pyridine rings is 1. The number of rotatable bonds is 4. The molecule has 0 spiro atoms. The van der Waals surface area contributed by atoms with E-state index in [-0.39, 0.29) is 17.7 Å². The lowest BCUT2D eigenvalue weighted by Crippen LogP contribution is -2.36. The van der Waals surface area contributed by atoms with Crippen LogP contribution in [-0.2, 0) is 16.1 Å². The quantitative estimate of drug-likeness (QED) is 0.931. The summed E-state index contributed by atoms with van der Waals surface area (Å²) in [6.45, 7) is 1.04. The van der Waals surface area contributed by atoms with Gasteiger partial charge < -0.3 is 10.2 Å². The first-order chi connectivity index (χ1) is 11.7. The predicted molar refractivity (Wildman–Crippen MR) is 89.1 cm³/mol. The van der Waals surface area contributed by atoms with Gasteiger partial charge in [-0.1, -0.05) is 18.9 Å². The Morgan fingerprint density at radius 1 is 1.29 bits per heavy atom. The normalized spacial score (nSPS) is 21.8. The van der Waals surface area contributed by atoms with Crippen LogP contribution >= 0.6 is 0 Å². The van der Waals surface area contributed by atoms with Crippen molar-refractivity contribution in [1.29, 1.82) is 0 Å². The van der Waals surface area contributed by atoms with Crippen LogP contribution in [0, 0.1) is 5.92 Å². The van der Waals surface area contributed by atoms with E-state index in [1.165, 1.54) is 12.8 Å². The lowest BCUT2D eigenvalue weighted by atomic mass is 10.1. The molecule has 2 aromatic rings. The Kier molecular flexibility index (Phi) is 3.96. The molecule has 1 saturated heterocycles. The number of carbonyl (C=O) groups is 2. The highest BCUT2D eigenvalue weighted by molar-refractivity contribution is 5.89. The first-order valence-corrected chi connectivity index (χ1v) is 8.71. The summed E-state index contributed by atoms with van der Waals surface area (Å²) in [7, 11) is 0. The Labute approximate surface area is 140 Å². The van der Waals surface area contributed by atoms with Crippen molar-refractivity contribution in [3.63, 3.8) is 0 Å². The SMILES string of the molecule is O=C(NCc1cccn2nccc12)C1CC(=O)N(C2CCCC2)C1. The van der Waals surface area contributed by atoms with Gasteiger partial charge in [-0.3, -0.25) is 9.59 Å². The topological polar surface area (TPSA) is 66.7 Å². The summed E-state index contributed by atoms with van der Waals surface area (Å²) in [5.74, 6) is -0.104. The lowest BCUT2D eigenvalue weighted by molar-refractivity contribution is -0.130. The molecule has 0 bridgehead atoms. The first kappa shape index (κ1) is 15.2. The van der Waals surface area contributed by atoms with Crippen molar-refractivity contribution in [2.75, 3.05) is 6.54 Å². The number of nitrogens with one attached hydrogen (secondary N) is 1. The van der Waals surface area contributed by atoms with Crippen molar-refractivity contribution >= 4 is 17.3 Å². The molecule has 1 atom stereocenters. The largest absolute Gasteiger partial charge is 0.352 e. The van der Waals surface area contributed by atoms with Gasteiger partial charge in [0.15, 0.2) is 0 Å². The molecule has 1 aliphatic carbocycles. The van der Waals surface area contributed by atoms with Gasteiger partial charge in [0.25, 0.3) is 0 Å². The molecule has 2 aliphatic rings. The van der Waals surface area contributed by atoms with Crippen LogP contribution in [0.3, 0.4) is 0 Å². The Bertz CT molecular complexity index is 763. The molecule has 1 saturated carbocycles. The first-order valence-electron chi connectivity index (χ1n) is 8.71. The summed E-state index contributed by atoms with van der Waals surface area (Å²) in [6.07, 6.45) is 8.54. The molecule has 126 valence electrons. The second kappa shape index (κ2) is 6.26. The molecule has 4 rings (SSSR count). The molecular formula is C18H22N4O2. The van der Waals surface area contributed by atoms with Crippen LogP contribution < -0.4 is 5.32 Å². The van der Waals surface area contributed by atoms with Crippen LogP contribution in [0.5, 0.6) is 0 Å². The van der Waals surface area contributed by atoms with Crippen LogP contribution in [0.15, 0.2) is 30.6 Å². The number of hydrogen-bond donors (Lipinski definition) is 1. The van der Waals surface area contributed by atoms with Crippen LogP contribution in [-0.4, -0.2) is 38.9 Å². The molecule has 6 heteroatoms. The molecule has 6 nitrogen and oxygen atoms in total. The summed E-state index contributed by atoms with van der Waals surface area (Å²) in [5.41, 5.74) is 2.02. The van der Waals surface area contributed by atoms with E-state index in [2.05, 4.69) is 10.4 Å². The summed E-state index contributed by atoms with van der Waals surface area (Å²) >= 11 is 0. The minimum atomic E-state index is -0.220. The van der Waals surface area contributed by atoms with Gasteiger partial charge in [-0.25, -0.2) is 4.52 Å². The fourth-order valence-electron chi connectivity index (χ4n) is 3.97. The van der Waals surface area contributed by atoms with E-state index in [9.17, 15) is 9.59 Å². The maximum atomic E-state index is 12.5. The van der Waals surface area contributed by atoms with Crippen molar-refractivity contribution in [1.82, 2.24) is 19.8 Å². The minimum Gasteiger partial charge on any atom is -0.352 e. The van der Waals surface area contributed by atoms with Gasteiger partial charge in [0.1, 0.15) is 0 Å². The Morgan fingerprint density at radius 3 is 2.96 bits per heavy atom. The predicted octanol–water partition coefficient (Wildman–Crippen LogP) is 1.74. The number of amides is 2. The molecular weight excluding hydrogens is 304 g/mol. The van der Waals surface area contributed by atoms with Crippen molar-refractivity contribution in [2.45, 2.75) is 44.7 Å². The highest BCUT2D eigenvalue weighted by atomic mass is 16.2. The molecule has 2 aromatic heterocycles. The highest BCUT2D eigenvalue weighted by Crippen LogP contribution is 2.29.